The van der Waals surface area contributed by atoms with E-state index in [1.165, 1.54) is 11.8 Å². The highest BCUT2D eigenvalue weighted by Crippen LogP contribution is 2.43. The van der Waals surface area contributed by atoms with E-state index in [9.17, 15) is 5.26 Å². The van der Waals surface area contributed by atoms with Gasteiger partial charge in [-0.2, -0.15) is 5.26 Å². The number of rotatable bonds is 8. The molecule has 2 aromatic rings. The summed E-state index contributed by atoms with van der Waals surface area (Å²) in [4.78, 5) is 11.4. The van der Waals surface area contributed by atoms with Gasteiger partial charge in [-0.1, -0.05) is 48.8 Å². The van der Waals surface area contributed by atoms with E-state index in [1.807, 2.05) is 12.3 Å². The van der Waals surface area contributed by atoms with Gasteiger partial charge in [0.05, 0.1) is 27.7 Å². The van der Waals surface area contributed by atoms with Gasteiger partial charge in [-0.3, -0.25) is 0 Å². The van der Waals surface area contributed by atoms with E-state index in [0.717, 1.165) is 25.2 Å². The number of hydrogen-bond acceptors (Lipinski definition) is 7. The number of fused-ring (bicyclic) bond motifs is 1. The van der Waals surface area contributed by atoms with E-state index >= 15 is 0 Å². The average molecular weight is 452 g/mol. The first-order chi connectivity index (χ1) is 14.0. The van der Waals surface area contributed by atoms with Crippen LogP contribution in [0.2, 0.25) is 10.0 Å². The molecule has 9 heteroatoms. The molecule has 1 aliphatic rings. The second kappa shape index (κ2) is 9.86. The largest absolute Gasteiger partial charge is 0.491 e. The monoisotopic (exact) mass is 451 g/mol. The van der Waals surface area contributed by atoms with E-state index in [4.69, 9.17) is 27.9 Å². The highest BCUT2D eigenvalue weighted by atomic mass is 35.5. The Morgan fingerprint density at radius 2 is 2.03 bits per heavy atom. The molecule has 0 radical (unpaired) electrons. The molecule has 1 aromatic carbocycles. The zero-order valence-corrected chi connectivity index (χ0v) is 19.0. The third-order valence-electron chi connectivity index (χ3n) is 4.92. The lowest BCUT2D eigenvalue weighted by Crippen LogP contribution is -2.27. The van der Waals surface area contributed by atoms with Crippen LogP contribution in [0.5, 0.6) is 5.75 Å². The van der Waals surface area contributed by atoms with Crippen molar-refractivity contribution < 1.29 is 4.74 Å². The van der Waals surface area contributed by atoms with Crippen molar-refractivity contribution in [2.24, 2.45) is 0 Å². The summed E-state index contributed by atoms with van der Waals surface area (Å²) in [7, 11) is 0. The first-order valence-electron chi connectivity index (χ1n) is 9.46. The molecule has 2 heterocycles. The Bertz CT molecular complexity index is 930. The number of ether oxygens (including phenoxy) is 1. The van der Waals surface area contributed by atoms with Crippen molar-refractivity contribution in [1.29, 1.82) is 5.26 Å². The maximum absolute atomic E-state index is 9.56. The zero-order valence-electron chi connectivity index (χ0n) is 16.6. The van der Waals surface area contributed by atoms with Crippen LogP contribution in [0.25, 0.3) is 11.3 Å². The van der Waals surface area contributed by atoms with Crippen LogP contribution in [0.3, 0.4) is 0 Å². The van der Waals surface area contributed by atoms with E-state index < -0.39 is 0 Å². The fraction of sp³-hybridized carbons (Fsp3) is 0.450. The van der Waals surface area contributed by atoms with Crippen molar-refractivity contribution >= 4 is 40.8 Å². The number of nitriles is 1. The number of aromatic nitrogens is 2. The predicted molar refractivity (Wildman–Crippen MR) is 119 cm³/mol. The number of benzene rings is 1. The summed E-state index contributed by atoms with van der Waals surface area (Å²) in [6.07, 6.45) is 1.91. The molecule has 0 amide bonds. The topological polar surface area (TPSA) is 74.1 Å². The first kappa shape index (κ1) is 22.0. The molecule has 0 spiro atoms. The maximum Gasteiger partial charge on any atom is 0.189 e. The molecule has 29 heavy (non-hydrogen) atoms. The molecule has 0 saturated carbocycles. The predicted octanol–water partition coefficient (Wildman–Crippen LogP) is 4.93. The van der Waals surface area contributed by atoms with Crippen molar-refractivity contribution in [1.82, 2.24) is 14.9 Å². The van der Waals surface area contributed by atoms with Gasteiger partial charge >= 0.3 is 0 Å². The smallest absolute Gasteiger partial charge is 0.189 e. The Kier molecular flexibility index (Phi) is 7.47. The number of nitrogens with one attached hydrogen (secondary N) is 1. The SMILES string of the molecule is CCN(CC)CCOc1cc(-c2nc(SC)nc3c2C(C#N)CN3)c(Cl)cc1Cl. The molecule has 3 rings (SSSR count). The lowest BCUT2D eigenvalue weighted by atomic mass is 9.98. The Labute approximate surface area is 185 Å². The minimum atomic E-state index is -0.338. The molecule has 0 bridgehead atoms. The molecule has 1 aliphatic heterocycles. The summed E-state index contributed by atoms with van der Waals surface area (Å²) in [5.74, 6) is 0.895. The van der Waals surface area contributed by atoms with E-state index in [-0.39, 0.29) is 5.92 Å². The second-order valence-electron chi connectivity index (χ2n) is 6.52. The normalized spacial score (nSPS) is 15.1. The van der Waals surface area contributed by atoms with E-state index in [0.29, 0.717) is 51.2 Å². The van der Waals surface area contributed by atoms with Crippen LogP contribution in [-0.4, -0.2) is 53.9 Å². The summed E-state index contributed by atoms with van der Waals surface area (Å²) in [6, 6.07) is 5.80. The number of halogens is 2. The average Bonchev–Trinajstić information content (AvgIpc) is 3.15. The van der Waals surface area contributed by atoms with Crippen molar-refractivity contribution in [2.45, 2.75) is 24.9 Å². The fourth-order valence-electron chi connectivity index (χ4n) is 3.27. The third kappa shape index (κ3) is 4.72. The van der Waals surface area contributed by atoms with Gasteiger partial charge in [0.1, 0.15) is 18.2 Å². The van der Waals surface area contributed by atoms with Gasteiger partial charge in [0.2, 0.25) is 0 Å². The van der Waals surface area contributed by atoms with Crippen LogP contribution >= 0.6 is 35.0 Å². The number of hydrogen-bond donors (Lipinski definition) is 1. The molecule has 1 aromatic heterocycles. The van der Waals surface area contributed by atoms with E-state index in [1.54, 1.807) is 6.07 Å². The van der Waals surface area contributed by atoms with E-state index in [2.05, 4.69) is 40.1 Å². The second-order valence-corrected chi connectivity index (χ2v) is 8.11. The number of likely N-dealkylation sites (N-methyl/N-ethyl adjacent to an activating group) is 1. The fourth-order valence-corrected chi connectivity index (χ4v) is 4.16. The van der Waals surface area contributed by atoms with Crippen molar-refractivity contribution in [3.8, 4) is 23.1 Å². The minimum Gasteiger partial charge on any atom is -0.491 e. The molecule has 6 nitrogen and oxygen atoms in total. The molecule has 0 saturated heterocycles. The standard InChI is InChI=1S/C20H23Cl2N5OS/c1-4-27(5-2)6-7-28-16-8-13(14(21)9-15(16)22)18-17-12(10-23)11-24-19(17)26-20(25-18)29-3/h8-9,12H,4-7,11H2,1-3H3,(H,24,25,26). The number of anilines is 1. The van der Waals surface area contributed by atoms with Gasteiger partial charge in [-0.15, -0.1) is 0 Å². The highest BCUT2D eigenvalue weighted by Gasteiger charge is 2.30. The van der Waals surface area contributed by atoms with Crippen molar-refractivity contribution in [3.63, 3.8) is 0 Å². The molecule has 0 fully saturated rings. The third-order valence-corrected chi connectivity index (χ3v) is 6.08. The van der Waals surface area contributed by atoms with Crippen LogP contribution in [0.4, 0.5) is 5.82 Å². The lowest BCUT2D eigenvalue weighted by molar-refractivity contribution is 0.223. The van der Waals surface area contributed by atoms with Crippen molar-refractivity contribution in [2.75, 3.05) is 44.4 Å². The summed E-state index contributed by atoms with van der Waals surface area (Å²) >= 11 is 14.4. The molecule has 154 valence electrons. The van der Waals surface area contributed by atoms with Gasteiger partial charge in [0.25, 0.3) is 0 Å². The van der Waals surface area contributed by atoms with Crippen LogP contribution in [0.1, 0.15) is 25.3 Å². The van der Waals surface area contributed by atoms with Gasteiger partial charge in [0, 0.05) is 24.2 Å². The summed E-state index contributed by atoms with van der Waals surface area (Å²) < 4.78 is 5.96. The van der Waals surface area contributed by atoms with Gasteiger partial charge < -0.3 is 15.0 Å². The van der Waals surface area contributed by atoms with Crippen LogP contribution in [0, 0.1) is 11.3 Å². The molecule has 0 aliphatic carbocycles. The lowest BCUT2D eigenvalue weighted by Gasteiger charge is -2.19. The van der Waals surface area contributed by atoms with Gasteiger partial charge in [-0.25, -0.2) is 9.97 Å². The summed E-state index contributed by atoms with van der Waals surface area (Å²) in [5, 5.41) is 14.3. The first-order valence-corrected chi connectivity index (χ1v) is 11.4. The Balaban J connectivity index is 1.99. The van der Waals surface area contributed by atoms with Gasteiger partial charge in [0.15, 0.2) is 5.16 Å². The Morgan fingerprint density at radius 3 is 2.69 bits per heavy atom. The quantitative estimate of drug-likeness (QED) is 0.450. The molecule has 1 unspecified atom stereocenters. The van der Waals surface area contributed by atoms with Crippen molar-refractivity contribution in [3.05, 3.63) is 27.7 Å². The number of thioether (sulfide) groups is 1. The summed E-state index contributed by atoms with van der Waals surface area (Å²) in [5.41, 5.74) is 2.10. The molecular weight excluding hydrogens is 429 g/mol. The van der Waals surface area contributed by atoms with Crippen LogP contribution in [-0.2, 0) is 0 Å². The Morgan fingerprint density at radius 1 is 1.28 bits per heavy atom. The highest BCUT2D eigenvalue weighted by molar-refractivity contribution is 7.98. The zero-order chi connectivity index (χ0) is 21.0. The van der Waals surface area contributed by atoms with Crippen LogP contribution < -0.4 is 10.1 Å². The minimum absolute atomic E-state index is 0.338. The molecule has 1 atom stereocenters. The Hall–Kier alpha value is -1.72. The maximum atomic E-state index is 9.56. The van der Waals surface area contributed by atoms with Crippen LogP contribution in [0.15, 0.2) is 17.3 Å². The van der Waals surface area contributed by atoms with Gasteiger partial charge in [-0.05, 0) is 31.5 Å². The summed E-state index contributed by atoms with van der Waals surface area (Å²) in [6.45, 7) is 8.00. The molecule has 1 N–H and O–H groups in total. The molecular formula is C20H23Cl2N5OS. The number of nitrogens with zero attached hydrogens (tertiary/aromatic N) is 4.